The molecule has 2 N–H and O–H groups in total. The Morgan fingerprint density at radius 3 is 2.79 bits per heavy atom. The second-order valence-corrected chi connectivity index (χ2v) is 8.29. The minimum Gasteiger partial charge on any atom is -0.375 e. The number of imidazole rings is 1. The van der Waals surface area contributed by atoms with Crippen molar-refractivity contribution in [3.8, 4) is 11.3 Å². The maximum atomic E-state index is 5.62. The number of aliphatic imine (C=N–C) groups is 1. The lowest BCUT2D eigenvalue weighted by Crippen LogP contribution is -2.41. The zero-order valence-corrected chi connectivity index (χ0v) is 19.7. The number of rotatable bonds is 7. The Labute approximate surface area is 195 Å². The van der Waals surface area contributed by atoms with Crippen LogP contribution in [0, 0.1) is 0 Å². The Morgan fingerprint density at radius 1 is 1.21 bits per heavy atom. The number of H-pyrrole nitrogens is 1. The molecule has 0 spiro atoms. The molecular formula is C25H33N7O. The quantitative estimate of drug-likeness (QED) is 0.427. The minimum absolute atomic E-state index is 0.237. The number of nitrogens with one attached hydrogen (secondary N) is 2. The number of hydrogen-bond donors (Lipinski definition) is 2. The summed E-state index contributed by atoms with van der Waals surface area (Å²) in [5.74, 6) is 2.72. The van der Waals surface area contributed by atoms with Crippen LogP contribution in [-0.2, 0) is 17.8 Å². The van der Waals surface area contributed by atoms with Crippen molar-refractivity contribution in [1.29, 1.82) is 0 Å². The fourth-order valence-corrected chi connectivity index (χ4v) is 3.87. The fraction of sp³-hybridized carbons (Fsp3) is 0.400. The normalized spacial score (nSPS) is 16.6. The van der Waals surface area contributed by atoms with Gasteiger partial charge in [-0.15, -0.1) is 0 Å². The van der Waals surface area contributed by atoms with E-state index in [1.54, 1.807) is 0 Å². The molecule has 0 saturated carbocycles. The molecule has 4 rings (SSSR count). The summed E-state index contributed by atoms with van der Waals surface area (Å²) in [6.07, 6.45) is 4.03. The highest BCUT2D eigenvalue weighted by atomic mass is 16.5. The highest BCUT2D eigenvalue weighted by Crippen LogP contribution is 2.17. The van der Waals surface area contributed by atoms with Gasteiger partial charge in [0.15, 0.2) is 5.96 Å². The van der Waals surface area contributed by atoms with E-state index in [2.05, 4.69) is 68.2 Å². The number of pyridine rings is 1. The third-order valence-corrected chi connectivity index (χ3v) is 5.58. The van der Waals surface area contributed by atoms with Crippen LogP contribution in [0.15, 0.2) is 59.9 Å². The SMILES string of the molecule is CCNC(=NCc1ccc(N2CCOC(C)C2)nc1)N(C)Cc1ncc(-c2ccccc2)[nH]1. The van der Waals surface area contributed by atoms with E-state index in [0.717, 1.165) is 60.7 Å². The Morgan fingerprint density at radius 2 is 2.06 bits per heavy atom. The Hall–Kier alpha value is -3.39. The van der Waals surface area contributed by atoms with E-state index in [4.69, 9.17) is 9.73 Å². The molecule has 1 saturated heterocycles. The Kier molecular flexibility index (Phi) is 7.57. The van der Waals surface area contributed by atoms with E-state index >= 15 is 0 Å². The monoisotopic (exact) mass is 447 g/mol. The first kappa shape index (κ1) is 22.8. The second kappa shape index (κ2) is 11.0. The minimum atomic E-state index is 0.237. The van der Waals surface area contributed by atoms with Gasteiger partial charge >= 0.3 is 0 Å². The van der Waals surface area contributed by atoms with Crippen molar-refractivity contribution in [2.24, 2.45) is 4.99 Å². The third kappa shape index (κ3) is 6.10. The molecule has 1 aliphatic heterocycles. The molecule has 0 aliphatic carbocycles. The van der Waals surface area contributed by atoms with Crippen LogP contribution in [0.3, 0.4) is 0 Å². The van der Waals surface area contributed by atoms with Gasteiger partial charge in [0.2, 0.25) is 0 Å². The molecule has 1 aliphatic rings. The van der Waals surface area contributed by atoms with E-state index in [0.29, 0.717) is 13.1 Å². The van der Waals surface area contributed by atoms with Gasteiger partial charge in [0.1, 0.15) is 11.6 Å². The van der Waals surface area contributed by atoms with Gasteiger partial charge in [0.05, 0.1) is 37.7 Å². The van der Waals surface area contributed by atoms with E-state index in [1.165, 1.54) is 0 Å². The molecule has 1 aromatic carbocycles. The van der Waals surface area contributed by atoms with Gasteiger partial charge in [-0.05, 0) is 31.0 Å². The molecule has 174 valence electrons. The topological polar surface area (TPSA) is 81.7 Å². The van der Waals surface area contributed by atoms with E-state index in [1.807, 2.05) is 37.6 Å². The zero-order valence-electron chi connectivity index (χ0n) is 19.7. The van der Waals surface area contributed by atoms with Crippen molar-refractivity contribution >= 4 is 11.8 Å². The number of ether oxygens (including phenoxy) is 1. The number of guanidine groups is 1. The number of morpholine rings is 1. The van der Waals surface area contributed by atoms with Gasteiger partial charge in [0.25, 0.3) is 0 Å². The summed E-state index contributed by atoms with van der Waals surface area (Å²) >= 11 is 0. The van der Waals surface area contributed by atoms with Gasteiger partial charge in [-0.25, -0.2) is 15.0 Å². The predicted octanol–water partition coefficient (Wildman–Crippen LogP) is 3.29. The molecule has 2 aromatic heterocycles. The Balaban J connectivity index is 1.38. The summed E-state index contributed by atoms with van der Waals surface area (Å²) in [6.45, 7) is 8.65. The highest BCUT2D eigenvalue weighted by molar-refractivity contribution is 5.79. The second-order valence-electron chi connectivity index (χ2n) is 8.29. The van der Waals surface area contributed by atoms with E-state index in [9.17, 15) is 0 Å². The molecule has 1 fully saturated rings. The van der Waals surface area contributed by atoms with E-state index < -0.39 is 0 Å². The summed E-state index contributed by atoms with van der Waals surface area (Å²) in [5.41, 5.74) is 3.22. The summed E-state index contributed by atoms with van der Waals surface area (Å²) < 4.78 is 5.62. The van der Waals surface area contributed by atoms with Crippen molar-refractivity contribution < 1.29 is 4.74 Å². The molecule has 3 heterocycles. The lowest BCUT2D eigenvalue weighted by Gasteiger charge is -2.32. The number of benzene rings is 1. The van der Waals surface area contributed by atoms with Crippen molar-refractivity contribution in [3.05, 3.63) is 66.2 Å². The van der Waals surface area contributed by atoms with Crippen LogP contribution in [0.4, 0.5) is 5.82 Å². The van der Waals surface area contributed by atoms with Crippen LogP contribution in [-0.4, -0.2) is 65.2 Å². The standard InChI is InChI=1S/C25H33N7O/c1-4-26-25(31(3)18-23-27-16-22(30-23)21-8-6-5-7-9-21)29-15-20-10-11-24(28-14-20)32-12-13-33-19(2)17-32/h5-11,14,16,19H,4,12-13,15,17-18H2,1-3H3,(H,26,29)(H,27,30). The van der Waals surface area contributed by atoms with Crippen LogP contribution in [0.25, 0.3) is 11.3 Å². The lowest BCUT2D eigenvalue weighted by molar-refractivity contribution is 0.0529. The van der Waals surface area contributed by atoms with Crippen molar-refractivity contribution in [3.63, 3.8) is 0 Å². The van der Waals surface area contributed by atoms with Crippen molar-refractivity contribution in [1.82, 2.24) is 25.2 Å². The summed E-state index contributed by atoms with van der Waals surface area (Å²) in [7, 11) is 2.02. The van der Waals surface area contributed by atoms with Gasteiger partial charge in [0, 0.05) is 32.9 Å². The molecule has 0 bridgehead atoms. The summed E-state index contributed by atoms with van der Waals surface area (Å²) in [4.78, 5) is 21.8. The average Bonchev–Trinajstić information content (AvgIpc) is 3.31. The first-order chi connectivity index (χ1) is 16.1. The molecule has 33 heavy (non-hydrogen) atoms. The number of nitrogens with zero attached hydrogens (tertiary/aromatic N) is 5. The van der Waals surface area contributed by atoms with E-state index in [-0.39, 0.29) is 6.10 Å². The first-order valence-corrected chi connectivity index (χ1v) is 11.5. The molecule has 3 aromatic rings. The number of aromatic nitrogens is 3. The smallest absolute Gasteiger partial charge is 0.194 e. The van der Waals surface area contributed by atoms with Crippen LogP contribution < -0.4 is 10.2 Å². The molecule has 1 atom stereocenters. The zero-order chi connectivity index (χ0) is 23.0. The molecule has 0 amide bonds. The maximum absolute atomic E-state index is 5.62. The van der Waals surface area contributed by atoms with Crippen LogP contribution in [0.2, 0.25) is 0 Å². The largest absolute Gasteiger partial charge is 0.375 e. The lowest BCUT2D eigenvalue weighted by atomic mass is 10.2. The fourth-order valence-electron chi connectivity index (χ4n) is 3.87. The van der Waals surface area contributed by atoms with Crippen LogP contribution in [0.5, 0.6) is 0 Å². The molecular weight excluding hydrogens is 414 g/mol. The molecule has 1 unspecified atom stereocenters. The maximum Gasteiger partial charge on any atom is 0.194 e. The molecule has 0 radical (unpaired) electrons. The number of hydrogen-bond acceptors (Lipinski definition) is 5. The average molecular weight is 448 g/mol. The Bertz CT molecular complexity index is 1030. The predicted molar refractivity (Wildman–Crippen MR) is 132 cm³/mol. The van der Waals surface area contributed by atoms with Gasteiger partial charge < -0.3 is 24.8 Å². The third-order valence-electron chi connectivity index (χ3n) is 5.58. The molecule has 8 heteroatoms. The summed E-state index contributed by atoms with van der Waals surface area (Å²) in [6, 6.07) is 14.4. The summed E-state index contributed by atoms with van der Waals surface area (Å²) in [5, 5.41) is 3.37. The number of aromatic amines is 1. The van der Waals surface area contributed by atoms with Crippen molar-refractivity contribution in [2.75, 3.05) is 38.2 Å². The van der Waals surface area contributed by atoms with Gasteiger partial charge in [-0.1, -0.05) is 36.4 Å². The van der Waals surface area contributed by atoms with Crippen LogP contribution in [0.1, 0.15) is 25.2 Å². The van der Waals surface area contributed by atoms with Gasteiger partial charge in [-0.2, -0.15) is 0 Å². The number of anilines is 1. The first-order valence-electron chi connectivity index (χ1n) is 11.5. The highest BCUT2D eigenvalue weighted by Gasteiger charge is 2.17. The van der Waals surface area contributed by atoms with Crippen LogP contribution >= 0.6 is 0 Å². The van der Waals surface area contributed by atoms with Gasteiger partial charge in [-0.3, -0.25) is 0 Å². The molecule has 8 nitrogen and oxygen atoms in total. The van der Waals surface area contributed by atoms with Crippen molar-refractivity contribution in [2.45, 2.75) is 33.0 Å².